The Bertz CT molecular complexity index is 89.6. The van der Waals surface area contributed by atoms with Crippen LogP contribution in [0.2, 0.25) is 0 Å². The molecular weight excluding hydrogens is 155 g/mol. The summed E-state index contributed by atoms with van der Waals surface area (Å²) in [5.74, 6) is 0. The van der Waals surface area contributed by atoms with E-state index in [1.165, 1.54) is 38.3 Å². The van der Waals surface area contributed by atoms with E-state index in [4.69, 9.17) is 5.11 Å². The number of hydrogen-bond acceptors (Lipinski definition) is 1. The molecular formula is C9H19OP. The third kappa shape index (κ3) is 4.08. The van der Waals surface area contributed by atoms with Gasteiger partial charge in [0.15, 0.2) is 0 Å². The van der Waals surface area contributed by atoms with Gasteiger partial charge in [-0.3, -0.25) is 0 Å². The van der Waals surface area contributed by atoms with Gasteiger partial charge in [-0.1, -0.05) is 19.3 Å². The van der Waals surface area contributed by atoms with Crippen molar-refractivity contribution < 1.29 is 5.11 Å². The first-order chi connectivity index (χ1) is 5.43. The summed E-state index contributed by atoms with van der Waals surface area (Å²) in [4.78, 5) is 0. The quantitative estimate of drug-likeness (QED) is 0.512. The lowest BCUT2D eigenvalue weighted by Crippen LogP contribution is -2.07. The minimum Gasteiger partial charge on any atom is -0.396 e. The van der Waals surface area contributed by atoms with Gasteiger partial charge >= 0.3 is 0 Å². The Morgan fingerprint density at radius 2 is 1.91 bits per heavy atom. The van der Waals surface area contributed by atoms with E-state index < -0.39 is 0 Å². The zero-order chi connectivity index (χ0) is 7.94. The molecule has 1 unspecified atom stereocenters. The number of hydrogen-bond donors (Lipinski definition) is 1. The lowest BCUT2D eigenvalue weighted by molar-refractivity contribution is 0.296. The van der Waals surface area contributed by atoms with E-state index in [0.717, 1.165) is 20.7 Å². The van der Waals surface area contributed by atoms with Crippen molar-refractivity contribution in [3.63, 3.8) is 0 Å². The SMILES string of the molecule is OCCCPC1CCCCC1. The van der Waals surface area contributed by atoms with Gasteiger partial charge in [-0.05, 0) is 31.1 Å². The van der Waals surface area contributed by atoms with Crippen LogP contribution < -0.4 is 0 Å². The minimum absolute atomic E-state index is 0.389. The van der Waals surface area contributed by atoms with Crippen molar-refractivity contribution in [2.45, 2.75) is 44.2 Å². The molecule has 0 amide bonds. The molecule has 0 aromatic heterocycles. The highest BCUT2D eigenvalue weighted by molar-refractivity contribution is 7.38. The predicted molar refractivity (Wildman–Crippen MR) is 51.8 cm³/mol. The van der Waals surface area contributed by atoms with Crippen LogP contribution in [0.1, 0.15) is 38.5 Å². The molecule has 1 atom stereocenters. The molecule has 0 spiro atoms. The van der Waals surface area contributed by atoms with Crippen LogP contribution in [0, 0.1) is 0 Å². The van der Waals surface area contributed by atoms with Gasteiger partial charge in [-0.15, -0.1) is 8.58 Å². The molecule has 1 aliphatic carbocycles. The van der Waals surface area contributed by atoms with Crippen molar-refractivity contribution in [3.05, 3.63) is 0 Å². The Hall–Kier alpha value is 0.390. The molecule has 0 aliphatic heterocycles. The van der Waals surface area contributed by atoms with Gasteiger partial charge in [0.05, 0.1) is 0 Å². The topological polar surface area (TPSA) is 20.2 Å². The summed E-state index contributed by atoms with van der Waals surface area (Å²) in [5, 5.41) is 8.60. The van der Waals surface area contributed by atoms with Gasteiger partial charge in [0.2, 0.25) is 0 Å². The van der Waals surface area contributed by atoms with Crippen LogP contribution in [0.5, 0.6) is 0 Å². The maximum Gasteiger partial charge on any atom is 0.0434 e. The van der Waals surface area contributed by atoms with Gasteiger partial charge in [0.1, 0.15) is 0 Å². The van der Waals surface area contributed by atoms with E-state index in [-0.39, 0.29) is 0 Å². The van der Waals surface area contributed by atoms with Crippen molar-refractivity contribution in [2.75, 3.05) is 12.8 Å². The number of aliphatic hydroxyl groups is 1. The monoisotopic (exact) mass is 174 g/mol. The Morgan fingerprint density at radius 1 is 1.18 bits per heavy atom. The number of rotatable bonds is 4. The normalized spacial score (nSPS) is 21.5. The maximum absolute atomic E-state index is 8.60. The van der Waals surface area contributed by atoms with Crippen LogP contribution in [0.4, 0.5) is 0 Å². The van der Waals surface area contributed by atoms with Crippen LogP contribution in [0.3, 0.4) is 0 Å². The Morgan fingerprint density at radius 3 is 2.55 bits per heavy atom. The zero-order valence-electron chi connectivity index (χ0n) is 7.18. The summed E-state index contributed by atoms with van der Waals surface area (Å²) in [6.07, 6.45) is 9.58. The van der Waals surface area contributed by atoms with Crippen molar-refractivity contribution in [2.24, 2.45) is 0 Å². The summed E-state index contributed by atoms with van der Waals surface area (Å²) in [6, 6.07) is 0. The van der Waals surface area contributed by atoms with Crippen molar-refractivity contribution in [1.82, 2.24) is 0 Å². The number of aliphatic hydroxyl groups excluding tert-OH is 1. The van der Waals surface area contributed by atoms with E-state index in [9.17, 15) is 0 Å². The molecule has 0 bridgehead atoms. The van der Waals surface area contributed by atoms with E-state index >= 15 is 0 Å². The largest absolute Gasteiger partial charge is 0.396 e. The molecule has 66 valence electrons. The lowest BCUT2D eigenvalue weighted by atomic mass is 10.0. The lowest BCUT2D eigenvalue weighted by Gasteiger charge is -2.21. The fourth-order valence-electron chi connectivity index (χ4n) is 1.69. The van der Waals surface area contributed by atoms with Crippen LogP contribution in [0.25, 0.3) is 0 Å². The fourth-order valence-corrected chi connectivity index (χ4v) is 3.28. The van der Waals surface area contributed by atoms with Gasteiger partial charge in [0, 0.05) is 6.61 Å². The van der Waals surface area contributed by atoms with E-state index in [1.807, 2.05) is 0 Å². The van der Waals surface area contributed by atoms with Crippen molar-refractivity contribution >= 4 is 8.58 Å². The van der Waals surface area contributed by atoms with E-state index in [1.54, 1.807) is 0 Å². The molecule has 0 heterocycles. The van der Waals surface area contributed by atoms with Crippen LogP contribution in [-0.4, -0.2) is 23.5 Å². The average Bonchev–Trinajstić information content (AvgIpc) is 2.07. The highest BCUT2D eigenvalue weighted by Crippen LogP contribution is 2.32. The third-order valence-corrected chi connectivity index (χ3v) is 4.17. The minimum atomic E-state index is 0.389. The first kappa shape index (κ1) is 9.48. The highest BCUT2D eigenvalue weighted by atomic mass is 31.1. The Kier molecular flexibility index (Phi) is 5.14. The molecule has 11 heavy (non-hydrogen) atoms. The molecule has 1 saturated carbocycles. The highest BCUT2D eigenvalue weighted by Gasteiger charge is 2.11. The smallest absolute Gasteiger partial charge is 0.0434 e. The summed E-state index contributed by atoms with van der Waals surface area (Å²) >= 11 is 0. The molecule has 1 nitrogen and oxygen atoms in total. The molecule has 1 aliphatic rings. The van der Waals surface area contributed by atoms with Crippen LogP contribution in [-0.2, 0) is 0 Å². The molecule has 1 fully saturated rings. The van der Waals surface area contributed by atoms with Crippen LogP contribution in [0.15, 0.2) is 0 Å². The zero-order valence-corrected chi connectivity index (χ0v) is 8.18. The molecule has 1 N–H and O–H groups in total. The first-order valence-electron chi connectivity index (χ1n) is 4.77. The Labute approximate surface area is 71.4 Å². The Balaban J connectivity index is 1.96. The molecule has 0 aromatic carbocycles. The summed E-state index contributed by atoms with van der Waals surface area (Å²) < 4.78 is 0. The molecule has 0 saturated heterocycles. The summed E-state index contributed by atoms with van der Waals surface area (Å²) in [6.45, 7) is 0.389. The summed E-state index contributed by atoms with van der Waals surface area (Å²) in [7, 11) is 1.13. The second-order valence-corrected chi connectivity index (χ2v) is 5.09. The fraction of sp³-hybridized carbons (Fsp3) is 1.00. The molecule has 0 aromatic rings. The molecule has 1 rings (SSSR count). The molecule has 0 radical (unpaired) electrons. The maximum atomic E-state index is 8.60. The molecule has 2 heteroatoms. The van der Waals surface area contributed by atoms with Gasteiger partial charge in [-0.25, -0.2) is 0 Å². The standard InChI is InChI=1S/C9H19OP/c10-7-4-8-11-9-5-2-1-3-6-9/h9-11H,1-8H2. The summed E-state index contributed by atoms with van der Waals surface area (Å²) in [5.41, 5.74) is 1.02. The van der Waals surface area contributed by atoms with E-state index in [0.29, 0.717) is 6.61 Å². The second kappa shape index (κ2) is 5.97. The van der Waals surface area contributed by atoms with Crippen LogP contribution >= 0.6 is 8.58 Å². The third-order valence-electron chi connectivity index (χ3n) is 2.37. The van der Waals surface area contributed by atoms with Gasteiger partial charge in [-0.2, -0.15) is 0 Å². The van der Waals surface area contributed by atoms with Crippen molar-refractivity contribution in [3.8, 4) is 0 Å². The predicted octanol–water partition coefficient (Wildman–Crippen LogP) is 2.38. The first-order valence-corrected chi connectivity index (χ1v) is 6.06. The average molecular weight is 174 g/mol. The van der Waals surface area contributed by atoms with Gasteiger partial charge in [0.25, 0.3) is 0 Å². The van der Waals surface area contributed by atoms with E-state index in [2.05, 4.69) is 0 Å². The van der Waals surface area contributed by atoms with Gasteiger partial charge < -0.3 is 5.11 Å². The second-order valence-electron chi connectivity index (χ2n) is 3.37. The van der Waals surface area contributed by atoms with Crippen molar-refractivity contribution in [1.29, 1.82) is 0 Å².